The summed E-state index contributed by atoms with van der Waals surface area (Å²) in [6, 6.07) is 17.8. The second kappa shape index (κ2) is 5.45. The van der Waals surface area contributed by atoms with Crippen LogP contribution in [0.15, 0.2) is 70.2 Å². The molecule has 2 heteroatoms. The van der Waals surface area contributed by atoms with Gasteiger partial charge >= 0.3 is 0 Å². The monoisotopic (exact) mass is 338 g/mol. The fourth-order valence-corrected chi connectivity index (χ4v) is 3.02. The van der Waals surface area contributed by atoms with E-state index in [1.54, 1.807) is 0 Å². The van der Waals surface area contributed by atoms with Crippen LogP contribution in [0, 0.1) is 0 Å². The fraction of sp³-hybridized carbons (Fsp3) is 0.105. The van der Waals surface area contributed by atoms with Crippen molar-refractivity contribution in [3.05, 3.63) is 81.3 Å². The van der Waals surface area contributed by atoms with E-state index in [1.807, 2.05) is 68.4 Å². The first-order chi connectivity index (χ1) is 10.1. The molecule has 0 bridgehead atoms. The summed E-state index contributed by atoms with van der Waals surface area (Å²) in [5.74, 6) is 0.124. The van der Waals surface area contributed by atoms with Gasteiger partial charge in [0.2, 0.25) is 0 Å². The van der Waals surface area contributed by atoms with Gasteiger partial charge in [0.25, 0.3) is 0 Å². The van der Waals surface area contributed by atoms with Gasteiger partial charge in [0, 0.05) is 15.6 Å². The number of hydrogen-bond acceptors (Lipinski definition) is 1. The Labute approximate surface area is 133 Å². The molecule has 1 nitrogen and oxygen atoms in total. The van der Waals surface area contributed by atoms with E-state index >= 15 is 0 Å². The van der Waals surface area contributed by atoms with Gasteiger partial charge in [-0.25, -0.2) is 0 Å². The molecule has 104 valence electrons. The van der Waals surface area contributed by atoms with Gasteiger partial charge in [0.1, 0.15) is 0 Å². The molecule has 21 heavy (non-hydrogen) atoms. The number of Topliss-reactive ketones (excluding diaryl/α,β-unsaturated/α-hetero) is 1. The van der Waals surface area contributed by atoms with Crippen molar-refractivity contribution in [3.8, 4) is 0 Å². The highest BCUT2D eigenvalue weighted by Crippen LogP contribution is 2.39. The number of hydrogen-bond donors (Lipinski definition) is 0. The molecule has 0 aliphatic heterocycles. The van der Waals surface area contributed by atoms with Gasteiger partial charge < -0.3 is 0 Å². The standard InChI is InChI=1S/C19H15BrO/c1-12-13(2)18(15-8-10-16(20)11-9-15)19(21)17(12)14-6-4-3-5-7-14/h3-11H,1-2H3. The summed E-state index contributed by atoms with van der Waals surface area (Å²) >= 11 is 3.43. The molecule has 0 saturated carbocycles. The highest BCUT2D eigenvalue weighted by atomic mass is 79.9. The number of carbonyl (C=O) groups excluding carboxylic acids is 1. The second-order valence-electron chi connectivity index (χ2n) is 5.20. The summed E-state index contributed by atoms with van der Waals surface area (Å²) in [6.07, 6.45) is 0. The summed E-state index contributed by atoms with van der Waals surface area (Å²) in [5.41, 5.74) is 5.76. The molecule has 2 aromatic carbocycles. The molecule has 0 radical (unpaired) electrons. The largest absolute Gasteiger partial charge is 0.289 e. The number of carbonyl (C=O) groups is 1. The van der Waals surface area contributed by atoms with Crippen LogP contribution >= 0.6 is 15.9 Å². The minimum absolute atomic E-state index is 0.124. The summed E-state index contributed by atoms with van der Waals surface area (Å²) in [7, 11) is 0. The zero-order chi connectivity index (χ0) is 15.0. The van der Waals surface area contributed by atoms with Crippen LogP contribution in [-0.4, -0.2) is 5.78 Å². The molecule has 0 aromatic heterocycles. The number of halogens is 1. The maximum absolute atomic E-state index is 12.9. The van der Waals surface area contributed by atoms with Crippen LogP contribution in [-0.2, 0) is 4.79 Å². The summed E-state index contributed by atoms with van der Waals surface area (Å²) in [6.45, 7) is 4.06. The van der Waals surface area contributed by atoms with Crippen LogP contribution < -0.4 is 0 Å². The van der Waals surface area contributed by atoms with Gasteiger partial charge in [0.05, 0.1) is 0 Å². The molecule has 0 fully saturated rings. The Morgan fingerprint density at radius 2 is 1.19 bits per heavy atom. The Hall–Kier alpha value is -1.93. The van der Waals surface area contributed by atoms with Gasteiger partial charge in [-0.15, -0.1) is 0 Å². The molecular formula is C19H15BrO. The zero-order valence-corrected chi connectivity index (χ0v) is 13.6. The Morgan fingerprint density at radius 3 is 1.71 bits per heavy atom. The third-order valence-electron chi connectivity index (χ3n) is 3.96. The van der Waals surface area contributed by atoms with Crippen LogP contribution in [0.1, 0.15) is 25.0 Å². The van der Waals surface area contributed by atoms with E-state index in [-0.39, 0.29) is 5.78 Å². The molecule has 0 unspecified atom stereocenters. The number of allylic oxidation sites excluding steroid dienone is 4. The molecule has 0 N–H and O–H groups in total. The van der Waals surface area contributed by atoms with Crippen molar-refractivity contribution in [1.82, 2.24) is 0 Å². The van der Waals surface area contributed by atoms with Crippen molar-refractivity contribution in [2.75, 3.05) is 0 Å². The Kier molecular flexibility index (Phi) is 3.64. The van der Waals surface area contributed by atoms with E-state index in [2.05, 4.69) is 15.9 Å². The maximum Gasteiger partial charge on any atom is 0.194 e. The van der Waals surface area contributed by atoms with Crippen molar-refractivity contribution in [2.24, 2.45) is 0 Å². The first-order valence-electron chi connectivity index (χ1n) is 6.88. The SMILES string of the molecule is CC1=C(c2ccccc2)C(=O)C(c2ccc(Br)cc2)=C1C. The summed E-state index contributed by atoms with van der Waals surface area (Å²) < 4.78 is 1.02. The van der Waals surface area contributed by atoms with E-state index in [9.17, 15) is 4.79 Å². The van der Waals surface area contributed by atoms with E-state index in [0.717, 1.165) is 37.9 Å². The normalized spacial score (nSPS) is 15.1. The Morgan fingerprint density at radius 1 is 0.714 bits per heavy atom. The predicted octanol–water partition coefficient (Wildman–Crippen LogP) is 5.28. The molecule has 3 rings (SSSR count). The lowest BCUT2D eigenvalue weighted by Crippen LogP contribution is -2.01. The lowest BCUT2D eigenvalue weighted by atomic mass is 9.96. The van der Waals surface area contributed by atoms with Gasteiger partial charge in [-0.1, -0.05) is 58.4 Å². The van der Waals surface area contributed by atoms with Crippen molar-refractivity contribution in [1.29, 1.82) is 0 Å². The van der Waals surface area contributed by atoms with Crippen LogP contribution in [0.25, 0.3) is 11.1 Å². The van der Waals surface area contributed by atoms with E-state index in [1.165, 1.54) is 0 Å². The number of ketones is 1. The quantitative estimate of drug-likeness (QED) is 0.728. The number of rotatable bonds is 2. The smallest absolute Gasteiger partial charge is 0.194 e. The third-order valence-corrected chi connectivity index (χ3v) is 4.49. The van der Waals surface area contributed by atoms with Gasteiger partial charge in [-0.3, -0.25) is 4.79 Å². The van der Waals surface area contributed by atoms with E-state index < -0.39 is 0 Å². The van der Waals surface area contributed by atoms with Gasteiger partial charge in [-0.05, 0) is 48.3 Å². The third kappa shape index (κ3) is 2.40. The van der Waals surface area contributed by atoms with Gasteiger partial charge in [-0.2, -0.15) is 0 Å². The highest BCUT2D eigenvalue weighted by Gasteiger charge is 2.29. The average Bonchev–Trinajstić information content (AvgIpc) is 2.72. The van der Waals surface area contributed by atoms with Gasteiger partial charge in [0.15, 0.2) is 5.78 Å². The molecule has 0 amide bonds. The molecule has 0 spiro atoms. The van der Waals surface area contributed by atoms with Crippen LogP contribution in [0.3, 0.4) is 0 Å². The van der Waals surface area contributed by atoms with E-state index in [0.29, 0.717) is 0 Å². The Balaban J connectivity index is 2.08. The van der Waals surface area contributed by atoms with Crippen molar-refractivity contribution in [3.63, 3.8) is 0 Å². The molecule has 0 saturated heterocycles. The maximum atomic E-state index is 12.9. The molecule has 0 atom stereocenters. The Bertz CT molecular complexity index is 765. The second-order valence-corrected chi connectivity index (χ2v) is 6.12. The van der Waals surface area contributed by atoms with Crippen molar-refractivity contribution in [2.45, 2.75) is 13.8 Å². The lowest BCUT2D eigenvalue weighted by Gasteiger charge is -2.06. The fourth-order valence-electron chi connectivity index (χ4n) is 2.76. The lowest BCUT2D eigenvalue weighted by molar-refractivity contribution is -0.108. The van der Waals surface area contributed by atoms with Crippen molar-refractivity contribution < 1.29 is 4.79 Å². The zero-order valence-electron chi connectivity index (χ0n) is 12.0. The minimum Gasteiger partial charge on any atom is -0.289 e. The molecule has 2 aromatic rings. The number of benzene rings is 2. The molecule has 1 aliphatic rings. The molecule has 0 heterocycles. The van der Waals surface area contributed by atoms with E-state index in [4.69, 9.17) is 0 Å². The van der Waals surface area contributed by atoms with Crippen molar-refractivity contribution >= 4 is 32.9 Å². The topological polar surface area (TPSA) is 17.1 Å². The predicted molar refractivity (Wildman–Crippen MR) is 90.8 cm³/mol. The average molecular weight is 339 g/mol. The first-order valence-corrected chi connectivity index (χ1v) is 7.67. The molecule has 1 aliphatic carbocycles. The first kappa shape index (κ1) is 14.0. The minimum atomic E-state index is 0.124. The van der Waals surface area contributed by atoms with Crippen LogP contribution in [0.4, 0.5) is 0 Å². The summed E-state index contributed by atoms with van der Waals surface area (Å²) in [4.78, 5) is 12.9. The summed E-state index contributed by atoms with van der Waals surface area (Å²) in [5, 5.41) is 0. The molecular weight excluding hydrogens is 324 g/mol. The highest BCUT2D eigenvalue weighted by molar-refractivity contribution is 9.10. The van der Waals surface area contributed by atoms with Crippen LogP contribution in [0.5, 0.6) is 0 Å². The van der Waals surface area contributed by atoms with Crippen LogP contribution in [0.2, 0.25) is 0 Å².